The molecular formula is C14H23NO4. The third-order valence-corrected chi connectivity index (χ3v) is 4.38. The average molecular weight is 269 g/mol. The van der Waals surface area contributed by atoms with Gasteiger partial charge in [-0.25, -0.2) is 0 Å². The van der Waals surface area contributed by atoms with Crippen LogP contribution in [-0.2, 0) is 14.3 Å². The van der Waals surface area contributed by atoms with Gasteiger partial charge in [0.1, 0.15) is 0 Å². The van der Waals surface area contributed by atoms with Crippen molar-refractivity contribution in [3.63, 3.8) is 0 Å². The van der Waals surface area contributed by atoms with E-state index in [4.69, 9.17) is 9.84 Å². The van der Waals surface area contributed by atoms with Crippen molar-refractivity contribution in [1.82, 2.24) is 5.32 Å². The molecule has 2 aliphatic rings. The first-order valence-corrected chi connectivity index (χ1v) is 7.08. The van der Waals surface area contributed by atoms with Crippen molar-refractivity contribution < 1.29 is 19.4 Å². The Morgan fingerprint density at radius 3 is 2.74 bits per heavy atom. The molecule has 3 unspecified atom stereocenters. The van der Waals surface area contributed by atoms with Gasteiger partial charge < -0.3 is 15.2 Å². The van der Waals surface area contributed by atoms with Crippen molar-refractivity contribution in [2.24, 2.45) is 17.3 Å². The molecule has 0 radical (unpaired) electrons. The van der Waals surface area contributed by atoms with Gasteiger partial charge in [0, 0.05) is 24.5 Å². The zero-order valence-electron chi connectivity index (χ0n) is 11.5. The first-order valence-electron chi connectivity index (χ1n) is 7.08. The topological polar surface area (TPSA) is 75.6 Å². The van der Waals surface area contributed by atoms with Crippen molar-refractivity contribution in [2.75, 3.05) is 19.8 Å². The number of hydrogen-bond acceptors (Lipinski definition) is 3. The number of amides is 1. The van der Waals surface area contributed by atoms with Crippen LogP contribution in [0.3, 0.4) is 0 Å². The largest absolute Gasteiger partial charge is 0.481 e. The second kappa shape index (κ2) is 5.90. The van der Waals surface area contributed by atoms with Crippen LogP contribution in [0.15, 0.2) is 0 Å². The molecule has 2 rings (SSSR count). The second-order valence-corrected chi connectivity index (χ2v) is 6.23. The lowest BCUT2D eigenvalue weighted by atomic mass is 9.80. The van der Waals surface area contributed by atoms with Crippen LogP contribution in [-0.4, -0.2) is 36.7 Å². The highest BCUT2D eigenvalue weighted by Gasteiger charge is 2.33. The zero-order valence-corrected chi connectivity index (χ0v) is 11.5. The molecule has 0 aromatic carbocycles. The van der Waals surface area contributed by atoms with E-state index in [2.05, 4.69) is 12.2 Å². The van der Waals surface area contributed by atoms with Crippen LogP contribution in [0, 0.1) is 17.3 Å². The van der Waals surface area contributed by atoms with E-state index in [1.54, 1.807) is 0 Å². The summed E-state index contributed by atoms with van der Waals surface area (Å²) in [4.78, 5) is 23.1. The van der Waals surface area contributed by atoms with Crippen LogP contribution < -0.4 is 5.32 Å². The van der Waals surface area contributed by atoms with Crippen LogP contribution in [0.2, 0.25) is 0 Å². The molecule has 1 heterocycles. The van der Waals surface area contributed by atoms with Gasteiger partial charge in [-0.2, -0.15) is 0 Å². The van der Waals surface area contributed by atoms with E-state index in [-0.39, 0.29) is 23.2 Å². The highest BCUT2D eigenvalue weighted by atomic mass is 16.5. The monoisotopic (exact) mass is 269 g/mol. The lowest BCUT2D eigenvalue weighted by Gasteiger charge is -2.28. The molecule has 108 valence electrons. The Labute approximate surface area is 113 Å². The predicted molar refractivity (Wildman–Crippen MR) is 69.6 cm³/mol. The number of carbonyl (C=O) groups is 2. The van der Waals surface area contributed by atoms with Crippen molar-refractivity contribution in [3.05, 3.63) is 0 Å². The molecule has 0 bridgehead atoms. The number of aliphatic carboxylic acids is 1. The van der Waals surface area contributed by atoms with Gasteiger partial charge in [-0.15, -0.1) is 0 Å². The Morgan fingerprint density at radius 1 is 1.37 bits per heavy atom. The van der Waals surface area contributed by atoms with E-state index in [1.165, 1.54) is 0 Å². The number of carbonyl (C=O) groups excluding carboxylic acids is 1. The number of nitrogens with one attached hydrogen (secondary N) is 1. The van der Waals surface area contributed by atoms with Crippen LogP contribution in [0.4, 0.5) is 0 Å². The standard InChI is InChI=1S/C14H23NO4/c1-14(5-6-19-9-14)8-15-12(16)10-3-2-4-11(7-10)13(17)18/h10-11H,2-9H2,1H3,(H,15,16)(H,17,18). The lowest BCUT2D eigenvalue weighted by molar-refractivity contribution is -0.144. The second-order valence-electron chi connectivity index (χ2n) is 6.23. The highest BCUT2D eigenvalue weighted by molar-refractivity contribution is 5.80. The minimum atomic E-state index is -0.770. The van der Waals surface area contributed by atoms with Crippen molar-refractivity contribution >= 4 is 11.9 Å². The minimum Gasteiger partial charge on any atom is -0.481 e. The van der Waals surface area contributed by atoms with Crippen LogP contribution >= 0.6 is 0 Å². The maximum absolute atomic E-state index is 12.1. The molecule has 1 saturated heterocycles. The summed E-state index contributed by atoms with van der Waals surface area (Å²) in [5.74, 6) is -1.25. The molecule has 0 spiro atoms. The van der Waals surface area contributed by atoms with Gasteiger partial charge in [0.2, 0.25) is 5.91 Å². The average Bonchev–Trinajstić information content (AvgIpc) is 2.83. The molecule has 1 aliphatic carbocycles. The van der Waals surface area contributed by atoms with Gasteiger partial charge in [0.15, 0.2) is 0 Å². The maximum atomic E-state index is 12.1. The molecular weight excluding hydrogens is 246 g/mol. The summed E-state index contributed by atoms with van der Waals surface area (Å²) in [5, 5.41) is 12.0. The molecule has 2 N–H and O–H groups in total. The fraction of sp³-hybridized carbons (Fsp3) is 0.857. The van der Waals surface area contributed by atoms with E-state index in [1.807, 2.05) is 0 Å². The smallest absolute Gasteiger partial charge is 0.306 e. The Kier molecular flexibility index (Phi) is 4.45. The fourth-order valence-corrected chi connectivity index (χ4v) is 2.95. The van der Waals surface area contributed by atoms with Gasteiger partial charge in [0.05, 0.1) is 12.5 Å². The third-order valence-electron chi connectivity index (χ3n) is 4.38. The molecule has 5 heteroatoms. The third kappa shape index (κ3) is 3.69. The molecule has 1 saturated carbocycles. The summed E-state index contributed by atoms with van der Waals surface area (Å²) in [6.45, 7) is 4.19. The Balaban J connectivity index is 1.80. The number of hydrogen-bond donors (Lipinski definition) is 2. The summed E-state index contributed by atoms with van der Waals surface area (Å²) >= 11 is 0. The van der Waals surface area contributed by atoms with E-state index in [0.717, 1.165) is 25.9 Å². The summed E-state index contributed by atoms with van der Waals surface area (Å²) < 4.78 is 5.36. The molecule has 3 atom stereocenters. The Hall–Kier alpha value is -1.10. The minimum absolute atomic E-state index is 0.0130. The van der Waals surface area contributed by atoms with Gasteiger partial charge >= 0.3 is 5.97 Å². The molecule has 1 amide bonds. The van der Waals surface area contributed by atoms with Crippen LogP contribution in [0.25, 0.3) is 0 Å². The number of ether oxygens (including phenoxy) is 1. The van der Waals surface area contributed by atoms with Crippen LogP contribution in [0.5, 0.6) is 0 Å². The summed E-state index contributed by atoms with van der Waals surface area (Å²) in [5.41, 5.74) is 0.0382. The zero-order chi connectivity index (χ0) is 13.9. The SMILES string of the molecule is CC1(CNC(=O)C2CCCC(C(=O)O)C2)CCOC1. The van der Waals surface area contributed by atoms with E-state index < -0.39 is 5.97 Å². The summed E-state index contributed by atoms with van der Waals surface area (Å²) in [6.07, 6.45) is 3.78. The van der Waals surface area contributed by atoms with E-state index in [9.17, 15) is 9.59 Å². The van der Waals surface area contributed by atoms with Gasteiger partial charge in [-0.1, -0.05) is 13.3 Å². The fourth-order valence-electron chi connectivity index (χ4n) is 2.95. The molecule has 19 heavy (non-hydrogen) atoms. The van der Waals surface area contributed by atoms with Gasteiger partial charge in [-0.05, 0) is 25.7 Å². The molecule has 0 aromatic heterocycles. The molecule has 2 fully saturated rings. The summed E-state index contributed by atoms with van der Waals surface area (Å²) in [7, 11) is 0. The molecule has 5 nitrogen and oxygen atoms in total. The lowest BCUT2D eigenvalue weighted by Crippen LogP contribution is -2.41. The van der Waals surface area contributed by atoms with Gasteiger partial charge in [-0.3, -0.25) is 9.59 Å². The quantitative estimate of drug-likeness (QED) is 0.809. The molecule has 1 aliphatic heterocycles. The number of rotatable bonds is 4. The van der Waals surface area contributed by atoms with Crippen molar-refractivity contribution in [3.8, 4) is 0 Å². The van der Waals surface area contributed by atoms with Crippen LogP contribution in [0.1, 0.15) is 39.0 Å². The van der Waals surface area contributed by atoms with Crippen molar-refractivity contribution in [1.29, 1.82) is 0 Å². The van der Waals surface area contributed by atoms with Crippen molar-refractivity contribution in [2.45, 2.75) is 39.0 Å². The number of carboxylic acids is 1. The predicted octanol–water partition coefficient (Wildman–Crippen LogP) is 1.42. The molecule has 0 aromatic rings. The van der Waals surface area contributed by atoms with E-state index in [0.29, 0.717) is 26.0 Å². The highest BCUT2D eigenvalue weighted by Crippen LogP contribution is 2.30. The first kappa shape index (κ1) is 14.3. The van der Waals surface area contributed by atoms with Gasteiger partial charge in [0.25, 0.3) is 0 Å². The normalized spacial score (nSPS) is 35.0. The maximum Gasteiger partial charge on any atom is 0.306 e. The van der Waals surface area contributed by atoms with E-state index >= 15 is 0 Å². The Bertz CT molecular complexity index is 349. The summed E-state index contributed by atoms with van der Waals surface area (Å²) in [6, 6.07) is 0. The Morgan fingerprint density at radius 2 is 2.11 bits per heavy atom. The number of carboxylic acid groups (broad SMARTS) is 1. The first-order chi connectivity index (χ1) is 9.00.